The first-order valence-corrected chi connectivity index (χ1v) is 10.3. The molecular formula is C23H28N4O2. The number of nitrogens with zero attached hydrogens (tertiary/aromatic N) is 2. The van der Waals surface area contributed by atoms with Crippen LogP contribution in [0.15, 0.2) is 47.5 Å². The summed E-state index contributed by atoms with van der Waals surface area (Å²) in [5, 5.41) is 6.72. The highest BCUT2D eigenvalue weighted by atomic mass is 16.5. The lowest BCUT2D eigenvalue weighted by Crippen LogP contribution is -2.37. The number of fused-ring (bicyclic) bond motifs is 1. The van der Waals surface area contributed by atoms with Crippen molar-refractivity contribution in [2.24, 2.45) is 4.99 Å². The predicted octanol–water partition coefficient (Wildman–Crippen LogP) is 2.66. The Labute approximate surface area is 172 Å². The van der Waals surface area contributed by atoms with Crippen LogP contribution in [0.5, 0.6) is 5.75 Å². The number of carbonyl (C=O) groups excluding carboxylic acids is 1. The number of amides is 1. The van der Waals surface area contributed by atoms with Crippen molar-refractivity contribution in [3.8, 4) is 5.75 Å². The van der Waals surface area contributed by atoms with Crippen molar-refractivity contribution in [3.05, 3.63) is 59.2 Å². The van der Waals surface area contributed by atoms with E-state index in [0.717, 1.165) is 61.9 Å². The van der Waals surface area contributed by atoms with Crippen molar-refractivity contribution in [3.63, 3.8) is 0 Å². The third-order valence-electron chi connectivity index (χ3n) is 5.46. The van der Waals surface area contributed by atoms with Gasteiger partial charge in [0.25, 0.3) is 0 Å². The fourth-order valence-corrected chi connectivity index (χ4v) is 3.84. The molecule has 1 fully saturated rings. The number of anilines is 1. The van der Waals surface area contributed by atoms with E-state index in [4.69, 9.17) is 4.74 Å². The van der Waals surface area contributed by atoms with Crippen LogP contribution >= 0.6 is 0 Å². The zero-order valence-electron chi connectivity index (χ0n) is 16.9. The smallest absolute Gasteiger partial charge is 0.227 e. The molecule has 2 aromatic rings. The summed E-state index contributed by atoms with van der Waals surface area (Å²) in [6, 6.07) is 14.6. The Morgan fingerprint density at radius 2 is 1.93 bits per heavy atom. The number of hydrogen-bond donors (Lipinski definition) is 2. The molecule has 0 saturated carbocycles. The molecule has 0 bridgehead atoms. The van der Waals surface area contributed by atoms with Crippen LogP contribution in [0.2, 0.25) is 0 Å². The summed E-state index contributed by atoms with van der Waals surface area (Å²) >= 11 is 0. The van der Waals surface area contributed by atoms with Crippen LogP contribution in [-0.2, 0) is 24.2 Å². The molecule has 1 saturated heterocycles. The quantitative estimate of drug-likeness (QED) is 0.586. The van der Waals surface area contributed by atoms with Crippen LogP contribution in [0.1, 0.15) is 29.5 Å². The topological polar surface area (TPSA) is 66.0 Å². The van der Waals surface area contributed by atoms with Gasteiger partial charge in [-0.25, -0.2) is 0 Å². The molecule has 0 spiro atoms. The molecule has 0 unspecified atom stereocenters. The summed E-state index contributed by atoms with van der Waals surface area (Å²) in [5.74, 6) is 2.03. The highest BCUT2D eigenvalue weighted by Gasteiger charge is 2.21. The second-order valence-electron chi connectivity index (χ2n) is 7.46. The van der Waals surface area contributed by atoms with Gasteiger partial charge < -0.3 is 20.3 Å². The Balaban J connectivity index is 1.23. The molecule has 29 heavy (non-hydrogen) atoms. The molecule has 2 aromatic carbocycles. The number of carbonyl (C=O) groups is 1. The van der Waals surface area contributed by atoms with Gasteiger partial charge in [-0.2, -0.15) is 0 Å². The number of aliphatic imine (C=N–C) groups is 1. The third-order valence-corrected chi connectivity index (χ3v) is 5.46. The maximum Gasteiger partial charge on any atom is 0.227 e. The van der Waals surface area contributed by atoms with Crippen molar-refractivity contribution >= 4 is 17.6 Å². The zero-order chi connectivity index (χ0) is 20.1. The summed E-state index contributed by atoms with van der Waals surface area (Å²) < 4.78 is 5.56. The molecule has 2 aliphatic rings. The van der Waals surface area contributed by atoms with Gasteiger partial charge in [0.2, 0.25) is 5.91 Å². The first-order chi connectivity index (χ1) is 14.2. The molecule has 0 radical (unpaired) electrons. The predicted molar refractivity (Wildman–Crippen MR) is 116 cm³/mol. The molecule has 4 rings (SSSR count). The molecule has 0 atom stereocenters. The highest BCUT2D eigenvalue weighted by Crippen LogP contribution is 2.26. The Hall–Kier alpha value is -3.02. The van der Waals surface area contributed by atoms with E-state index in [1.807, 2.05) is 17.0 Å². The Bertz CT molecular complexity index is 892. The van der Waals surface area contributed by atoms with Crippen molar-refractivity contribution < 1.29 is 9.53 Å². The Morgan fingerprint density at radius 1 is 1.10 bits per heavy atom. The van der Waals surface area contributed by atoms with Crippen LogP contribution in [-0.4, -0.2) is 38.6 Å². The van der Waals surface area contributed by atoms with Crippen molar-refractivity contribution in [1.29, 1.82) is 0 Å². The molecule has 0 aromatic heterocycles. The summed E-state index contributed by atoms with van der Waals surface area (Å²) in [6.45, 7) is 3.12. The molecule has 152 valence electrons. The number of ether oxygens (including phenoxy) is 1. The van der Waals surface area contributed by atoms with Crippen molar-refractivity contribution in [2.75, 3.05) is 31.6 Å². The van der Waals surface area contributed by atoms with Gasteiger partial charge in [0.05, 0.1) is 6.61 Å². The number of rotatable bonds is 6. The van der Waals surface area contributed by atoms with E-state index in [1.54, 1.807) is 7.05 Å². The molecule has 2 N–H and O–H groups in total. The number of nitrogens with one attached hydrogen (secondary N) is 2. The van der Waals surface area contributed by atoms with Crippen molar-refractivity contribution in [1.82, 2.24) is 10.6 Å². The lowest BCUT2D eigenvalue weighted by Gasteiger charge is -2.16. The first kappa shape index (κ1) is 19.3. The van der Waals surface area contributed by atoms with Gasteiger partial charge in [0.15, 0.2) is 5.96 Å². The molecule has 6 heteroatoms. The van der Waals surface area contributed by atoms with Gasteiger partial charge in [0, 0.05) is 45.2 Å². The highest BCUT2D eigenvalue weighted by molar-refractivity contribution is 5.95. The molecule has 2 heterocycles. The van der Waals surface area contributed by atoms with E-state index >= 15 is 0 Å². The average Bonchev–Trinajstić information content (AvgIpc) is 3.39. The Kier molecular flexibility index (Phi) is 5.98. The van der Waals surface area contributed by atoms with Gasteiger partial charge in [-0.3, -0.25) is 9.79 Å². The summed E-state index contributed by atoms with van der Waals surface area (Å²) in [6.07, 6.45) is 3.55. The molecule has 2 aliphatic heterocycles. The van der Waals surface area contributed by atoms with Crippen LogP contribution < -0.4 is 20.3 Å². The van der Waals surface area contributed by atoms with Crippen LogP contribution in [0.3, 0.4) is 0 Å². The van der Waals surface area contributed by atoms with Gasteiger partial charge in [-0.1, -0.05) is 24.3 Å². The SMILES string of the molecule is CN=C(NCCc1ccc2c(c1)CCO2)NCc1ccc(N2CCCC2=O)cc1. The lowest BCUT2D eigenvalue weighted by atomic mass is 10.1. The van der Waals surface area contributed by atoms with Crippen molar-refractivity contribution in [2.45, 2.75) is 32.2 Å². The standard InChI is InChI=1S/C23H28N4O2/c1-24-23(25-12-10-17-6-9-21-19(15-17)11-14-29-21)26-16-18-4-7-20(8-5-18)27-13-2-3-22(27)28/h4-9,15H,2-3,10-14,16H2,1H3,(H2,24,25,26). The maximum absolute atomic E-state index is 11.9. The van der Waals surface area contributed by atoms with Gasteiger partial charge in [-0.15, -0.1) is 0 Å². The largest absolute Gasteiger partial charge is 0.493 e. The second kappa shape index (κ2) is 8.99. The van der Waals surface area contributed by atoms with Crippen LogP contribution in [0.4, 0.5) is 5.69 Å². The fraction of sp³-hybridized carbons (Fsp3) is 0.391. The molecule has 1 amide bonds. The summed E-state index contributed by atoms with van der Waals surface area (Å²) in [4.78, 5) is 18.0. The van der Waals surface area contributed by atoms with Crippen LogP contribution in [0, 0.1) is 0 Å². The maximum atomic E-state index is 11.9. The minimum absolute atomic E-state index is 0.219. The summed E-state index contributed by atoms with van der Waals surface area (Å²) in [7, 11) is 1.78. The van der Waals surface area contributed by atoms with E-state index in [9.17, 15) is 4.79 Å². The van der Waals surface area contributed by atoms with Gasteiger partial charge in [0.1, 0.15) is 5.75 Å². The lowest BCUT2D eigenvalue weighted by molar-refractivity contribution is -0.117. The summed E-state index contributed by atoms with van der Waals surface area (Å²) in [5.41, 5.74) is 4.76. The molecule has 6 nitrogen and oxygen atoms in total. The first-order valence-electron chi connectivity index (χ1n) is 10.3. The second-order valence-corrected chi connectivity index (χ2v) is 7.46. The zero-order valence-corrected chi connectivity index (χ0v) is 16.9. The fourth-order valence-electron chi connectivity index (χ4n) is 3.84. The molecule has 0 aliphatic carbocycles. The van der Waals surface area contributed by atoms with Crippen LogP contribution in [0.25, 0.3) is 0 Å². The van der Waals surface area contributed by atoms with Gasteiger partial charge in [-0.05, 0) is 47.7 Å². The monoisotopic (exact) mass is 392 g/mol. The minimum atomic E-state index is 0.219. The van der Waals surface area contributed by atoms with Gasteiger partial charge >= 0.3 is 0 Å². The minimum Gasteiger partial charge on any atom is -0.493 e. The van der Waals surface area contributed by atoms with E-state index in [-0.39, 0.29) is 5.91 Å². The Morgan fingerprint density at radius 3 is 2.69 bits per heavy atom. The number of hydrogen-bond acceptors (Lipinski definition) is 3. The normalized spacial score (nSPS) is 16.0. The van der Waals surface area contributed by atoms with E-state index in [1.165, 1.54) is 11.1 Å². The third kappa shape index (κ3) is 4.70. The molecular weight excluding hydrogens is 364 g/mol. The number of benzene rings is 2. The van der Waals surface area contributed by atoms with E-state index in [2.05, 4.69) is 46.0 Å². The average molecular weight is 393 g/mol. The number of guanidine groups is 1. The van der Waals surface area contributed by atoms with E-state index in [0.29, 0.717) is 13.0 Å². The van der Waals surface area contributed by atoms with E-state index < -0.39 is 0 Å².